The second-order valence-corrected chi connectivity index (χ2v) is 2.77. The summed E-state index contributed by atoms with van der Waals surface area (Å²) in [7, 11) is 0. The van der Waals surface area contributed by atoms with Crippen molar-refractivity contribution in [2.75, 3.05) is 0 Å². The van der Waals surface area contributed by atoms with Gasteiger partial charge in [0.25, 0.3) is 0 Å². The Kier molecular flexibility index (Phi) is 3.12. The van der Waals surface area contributed by atoms with Crippen LogP contribution in [-0.4, -0.2) is 11.1 Å². The van der Waals surface area contributed by atoms with Crippen LogP contribution in [0.1, 0.15) is 15.9 Å². The molecular formula is C10H4ClNO2. The van der Waals surface area contributed by atoms with Crippen molar-refractivity contribution in [1.29, 1.82) is 5.26 Å². The lowest BCUT2D eigenvalue weighted by Crippen LogP contribution is -1.96. The number of halogens is 1. The molecule has 0 saturated heterocycles. The number of benzene rings is 1. The first-order valence-corrected chi connectivity index (χ1v) is 3.96. The molecule has 0 heterocycles. The van der Waals surface area contributed by atoms with Crippen LogP contribution in [0.25, 0.3) is 0 Å². The highest BCUT2D eigenvalue weighted by atomic mass is 35.5. The van der Waals surface area contributed by atoms with E-state index in [9.17, 15) is 4.79 Å². The molecule has 1 rings (SSSR count). The van der Waals surface area contributed by atoms with Crippen LogP contribution in [0.15, 0.2) is 18.2 Å². The van der Waals surface area contributed by atoms with Gasteiger partial charge in [0.05, 0.1) is 10.6 Å². The highest BCUT2D eigenvalue weighted by Crippen LogP contribution is 2.16. The number of hydrogen-bond donors (Lipinski definition) is 1. The lowest BCUT2D eigenvalue weighted by molar-refractivity contribution is 0.0697. The maximum Gasteiger partial charge on any atom is 0.335 e. The van der Waals surface area contributed by atoms with Gasteiger partial charge in [0.1, 0.15) is 0 Å². The molecule has 0 bridgehead atoms. The fourth-order valence-electron chi connectivity index (χ4n) is 0.849. The average molecular weight is 206 g/mol. The van der Waals surface area contributed by atoms with Gasteiger partial charge in [-0.3, -0.25) is 0 Å². The molecule has 0 fully saturated rings. The summed E-state index contributed by atoms with van der Waals surface area (Å²) in [5, 5.41) is 17.2. The average Bonchev–Trinajstić information content (AvgIpc) is 2.16. The molecule has 4 heteroatoms. The molecule has 0 radical (unpaired) electrons. The number of nitriles is 1. The van der Waals surface area contributed by atoms with E-state index in [2.05, 4.69) is 11.8 Å². The maximum absolute atomic E-state index is 10.6. The summed E-state index contributed by atoms with van der Waals surface area (Å²) in [6, 6.07) is 5.77. The van der Waals surface area contributed by atoms with E-state index >= 15 is 0 Å². The minimum Gasteiger partial charge on any atom is -0.478 e. The zero-order chi connectivity index (χ0) is 10.6. The van der Waals surface area contributed by atoms with E-state index in [-0.39, 0.29) is 5.56 Å². The number of carboxylic acid groups (broad SMARTS) is 1. The first-order chi connectivity index (χ1) is 6.65. The Hall–Kier alpha value is -1.97. The van der Waals surface area contributed by atoms with E-state index in [1.807, 2.05) is 0 Å². The molecule has 0 amide bonds. The number of carbonyl (C=O) groups is 1. The zero-order valence-electron chi connectivity index (χ0n) is 6.91. The van der Waals surface area contributed by atoms with E-state index in [1.54, 1.807) is 6.07 Å². The van der Waals surface area contributed by atoms with Gasteiger partial charge in [0.2, 0.25) is 0 Å². The zero-order valence-corrected chi connectivity index (χ0v) is 7.67. The van der Waals surface area contributed by atoms with Gasteiger partial charge in [-0.1, -0.05) is 11.6 Å². The van der Waals surface area contributed by atoms with Crippen LogP contribution in [0.5, 0.6) is 0 Å². The molecular weight excluding hydrogens is 202 g/mol. The van der Waals surface area contributed by atoms with Crippen molar-refractivity contribution in [1.82, 2.24) is 0 Å². The number of nitrogens with zero attached hydrogens (tertiary/aromatic N) is 1. The molecule has 14 heavy (non-hydrogen) atoms. The van der Waals surface area contributed by atoms with Crippen molar-refractivity contribution >= 4 is 17.6 Å². The van der Waals surface area contributed by atoms with E-state index < -0.39 is 5.97 Å². The van der Waals surface area contributed by atoms with Crippen molar-refractivity contribution in [2.45, 2.75) is 0 Å². The molecule has 0 atom stereocenters. The highest BCUT2D eigenvalue weighted by Gasteiger charge is 2.05. The molecule has 1 aromatic rings. The van der Waals surface area contributed by atoms with Gasteiger partial charge >= 0.3 is 5.97 Å². The Morgan fingerprint density at radius 1 is 1.50 bits per heavy atom. The van der Waals surface area contributed by atoms with Crippen molar-refractivity contribution in [3.63, 3.8) is 0 Å². The van der Waals surface area contributed by atoms with Crippen LogP contribution >= 0.6 is 11.6 Å². The summed E-state index contributed by atoms with van der Waals surface area (Å²) in [5.74, 6) is 3.55. The molecule has 0 saturated carbocycles. The van der Waals surface area contributed by atoms with Gasteiger partial charge in [-0.05, 0) is 24.1 Å². The molecule has 1 aromatic carbocycles. The highest BCUT2D eigenvalue weighted by molar-refractivity contribution is 6.31. The van der Waals surface area contributed by atoms with E-state index in [0.717, 1.165) is 0 Å². The van der Waals surface area contributed by atoms with E-state index in [0.29, 0.717) is 10.6 Å². The van der Waals surface area contributed by atoms with Gasteiger partial charge in [0.15, 0.2) is 6.07 Å². The topological polar surface area (TPSA) is 61.1 Å². The fourth-order valence-corrected chi connectivity index (χ4v) is 1.01. The lowest BCUT2D eigenvalue weighted by atomic mass is 10.1. The number of aromatic carboxylic acids is 1. The number of rotatable bonds is 1. The Morgan fingerprint density at radius 2 is 2.21 bits per heavy atom. The van der Waals surface area contributed by atoms with Gasteiger partial charge in [-0.2, -0.15) is 5.26 Å². The smallest absolute Gasteiger partial charge is 0.335 e. The van der Waals surface area contributed by atoms with Crippen LogP contribution in [-0.2, 0) is 0 Å². The predicted molar refractivity (Wildman–Crippen MR) is 50.9 cm³/mol. The van der Waals surface area contributed by atoms with Crippen LogP contribution in [0.4, 0.5) is 0 Å². The molecule has 68 valence electrons. The molecule has 3 nitrogen and oxygen atoms in total. The van der Waals surface area contributed by atoms with Crippen LogP contribution in [0.3, 0.4) is 0 Å². The summed E-state index contributed by atoms with van der Waals surface area (Å²) in [6.45, 7) is 0. The molecule has 0 aliphatic rings. The van der Waals surface area contributed by atoms with Gasteiger partial charge < -0.3 is 5.11 Å². The standard InChI is InChI=1S/C10H4ClNO2/c11-9-4-3-8(10(13)14)6-7(9)2-1-5-12/h3-4,6H,(H,13,14). The molecule has 0 aliphatic carbocycles. The summed E-state index contributed by atoms with van der Waals surface area (Å²) in [4.78, 5) is 10.6. The lowest BCUT2D eigenvalue weighted by Gasteiger charge is -1.97. The van der Waals surface area contributed by atoms with Crippen molar-refractivity contribution in [3.8, 4) is 17.9 Å². The monoisotopic (exact) mass is 205 g/mol. The van der Waals surface area contributed by atoms with Crippen LogP contribution in [0, 0.1) is 23.2 Å². The van der Waals surface area contributed by atoms with Crippen molar-refractivity contribution in [2.24, 2.45) is 0 Å². The Morgan fingerprint density at radius 3 is 2.79 bits per heavy atom. The third kappa shape index (κ3) is 2.26. The molecule has 1 N–H and O–H groups in total. The first kappa shape index (κ1) is 10.1. The predicted octanol–water partition coefficient (Wildman–Crippen LogP) is 1.91. The Labute approximate surface area is 85.5 Å². The molecule has 0 aliphatic heterocycles. The molecule has 0 aromatic heterocycles. The summed E-state index contributed by atoms with van der Waals surface area (Å²) >= 11 is 5.73. The first-order valence-electron chi connectivity index (χ1n) is 3.58. The summed E-state index contributed by atoms with van der Waals surface area (Å²) in [5.41, 5.74) is 0.435. The summed E-state index contributed by atoms with van der Waals surface area (Å²) < 4.78 is 0. The Bertz CT molecular complexity index is 477. The molecule has 0 spiro atoms. The number of hydrogen-bond acceptors (Lipinski definition) is 2. The van der Waals surface area contributed by atoms with E-state index in [4.69, 9.17) is 22.0 Å². The van der Waals surface area contributed by atoms with Gasteiger partial charge in [-0.15, -0.1) is 0 Å². The second kappa shape index (κ2) is 4.32. The van der Waals surface area contributed by atoms with Gasteiger partial charge in [-0.25, -0.2) is 4.79 Å². The number of carboxylic acids is 1. The summed E-state index contributed by atoms with van der Waals surface area (Å²) in [6.07, 6.45) is 0. The largest absolute Gasteiger partial charge is 0.478 e. The minimum atomic E-state index is -1.05. The van der Waals surface area contributed by atoms with Crippen LogP contribution < -0.4 is 0 Å². The van der Waals surface area contributed by atoms with Crippen LogP contribution in [0.2, 0.25) is 5.02 Å². The third-order valence-corrected chi connectivity index (χ3v) is 1.80. The minimum absolute atomic E-state index is 0.0941. The Balaban J connectivity index is 3.23. The second-order valence-electron chi connectivity index (χ2n) is 2.36. The molecule has 0 unspecified atom stereocenters. The quantitative estimate of drug-likeness (QED) is 0.713. The van der Waals surface area contributed by atoms with E-state index in [1.165, 1.54) is 18.2 Å². The van der Waals surface area contributed by atoms with Gasteiger partial charge in [0, 0.05) is 11.5 Å². The normalized spacial score (nSPS) is 8.29. The van der Waals surface area contributed by atoms with Crippen molar-refractivity contribution < 1.29 is 9.90 Å². The SMILES string of the molecule is N#CC#Cc1cc(C(=O)O)ccc1Cl. The van der Waals surface area contributed by atoms with Crippen molar-refractivity contribution in [3.05, 3.63) is 34.3 Å². The fraction of sp³-hybridized carbons (Fsp3) is 0. The maximum atomic E-state index is 10.6. The third-order valence-electron chi connectivity index (χ3n) is 1.47.